The van der Waals surface area contributed by atoms with Crippen LogP contribution in [0.5, 0.6) is 5.75 Å². The van der Waals surface area contributed by atoms with Crippen molar-refractivity contribution in [2.45, 2.75) is 6.92 Å². The average molecular weight is 300 g/mol. The van der Waals surface area contributed by atoms with Crippen molar-refractivity contribution in [3.05, 3.63) is 53.2 Å². The van der Waals surface area contributed by atoms with Gasteiger partial charge in [-0.05, 0) is 30.7 Å². The number of hydrogen-bond acceptors (Lipinski definition) is 4. The normalized spacial score (nSPS) is 10.6. The third-order valence-corrected chi connectivity index (χ3v) is 3.58. The molecule has 0 spiro atoms. The summed E-state index contributed by atoms with van der Waals surface area (Å²) in [5.41, 5.74) is 1.98. The molecule has 2 aromatic carbocycles. The van der Waals surface area contributed by atoms with Crippen LogP contribution in [0.2, 0.25) is 5.15 Å². The number of nitrogens with one attached hydrogen (secondary N) is 1. The van der Waals surface area contributed by atoms with Crippen LogP contribution in [-0.4, -0.2) is 17.3 Å². The minimum Gasteiger partial charge on any atom is -0.496 e. The minimum absolute atomic E-state index is 0.405. The first-order valence-corrected chi connectivity index (χ1v) is 6.89. The van der Waals surface area contributed by atoms with Gasteiger partial charge in [-0.2, -0.15) is 0 Å². The number of aryl methyl sites for hydroxylation is 1. The first kappa shape index (κ1) is 13.6. The minimum atomic E-state index is 0.405. The molecule has 0 saturated carbocycles. The summed E-state index contributed by atoms with van der Waals surface area (Å²) in [5.74, 6) is 1.53. The van der Waals surface area contributed by atoms with Crippen molar-refractivity contribution < 1.29 is 4.74 Å². The van der Waals surface area contributed by atoms with Crippen molar-refractivity contribution in [1.82, 2.24) is 10.2 Å². The van der Waals surface area contributed by atoms with E-state index in [1.54, 1.807) is 7.11 Å². The molecule has 4 nitrogen and oxygen atoms in total. The number of anilines is 2. The number of hydrogen-bond donors (Lipinski definition) is 1. The fourth-order valence-corrected chi connectivity index (χ4v) is 2.46. The zero-order chi connectivity index (χ0) is 14.8. The predicted octanol–water partition coefficient (Wildman–Crippen LogP) is 4.34. The van der Waals surface area contributed by atoms with Crippen molar-refractivity contribution in [1.29, 1.82) is 0 Å². The third kappa shape index (κ3) is 2.62. The highest BCUT2D eigenvalue weighted by Crippen LogP contribution is 2.29. The van der Waals surface area contributed by atoms with Crippen molar-refractivity contribution >= 4 is 33.9 Å². The second-order valence-corrected chi connectivity index (χ2v) is 5.05. The maximum Gasteiger partial charge on any atom is 0.161 e. The van der Waals surface area contributed by atoms with Crippen molar-refractivity contribution in [2.75, 3.05) is 12.4 Å². The summed E-state index contributed by atoms with van der Waals surface area (Å²) in [6, 6.07) is 13.6. The molecule has 1 heterocycles. The molecular formula is C16H14ClN3O. The van der Waals surface area contributed by atoms with E-state index in [1.807, 2.05) is 49.4 Å². The maximum absolute atomic E-state index is 6.08. The highest BCUT2D eigenvalue weighted by atomic mass is 35.5. The van der Waals surface area contributed by atoms with Gasteiger partial charge in [0.25, 0.3) is 0 Å². The summed E-state index contributed by atoms with van der Waals surface area (Å²) >= 11 is 6.08. The van der Waals surface area contributed by atoms with Crippen LogP contribution in [-0.2, 0) is 0 Å². The Balaban J connectivity index is 2.02. The van der Waals surface area contributed by atoms with E-state index in [1.165, 1.54) is 0 Å². The number of aromatic nitrogens is 2. The fraction of sp³-hybridized carbons (Fsp3) is 0.125. The molecule has 3 rings (SSSR count). The molecule has 0 amide bonds. The molecular weight excluding hydrogens is 286 g/mol. The van der Waals surface area contributed by atoms with Crippen LogP contribution in [0.3, 0.4) is 0 Å². The van der Waals surface area contributed by atoms with Crippen LogP contribution >= 0.6 is 11.6 Å². The number of ether oxygens (including phenoxy) is 1. The molecule has 106 valence electrons. The molecule has 1 aromatic heterocycles. The number of rotatable bonds is 3. The lowest BCUT2D eigenvalue weighted by Crippen LogP contribution is -1.98. The van der Waals surface area contributed by atoms with Gasteiger partial charge in [-0.3, -0.25) is 0 Å². The van der Waals surface area contributed by atoms with Crippen molar-refractivity contribution in [3.63, 3.8) is 0 Å². The van der Waals surface area contributed by atoms with Crippen molar-refractivity contribution in [3.8, 4) is 5.75 Å². The van der Waals surface area contributed by atoms with E-state index in [4.69, 9.17) is 16.3 Å². The lowest BCUT2D eigenvalue weighted by molar-refractivity contribution is 0.412. The SMILES string of the molecule is COc1ccc(Nc2nnc(Cl)c3ccccc23)cc1C. The summed E-state index contributed by atoms with van der Waals surface area (Å²) in [5, 5.41) is 13.6. The van der Waals surface area contributed by atoms with E-state index in [2.05, 4.69) is 15.5 Å². The lowest BCUT2D eigenvalue weighted by atomic mass is 10.1. The molecule has 5 heteroatoms. The molecule has 0 saturated heterocycles. The van der Waals surface area contributed by atoms with Crippen LogP contribution in [0.4, 0.5) is 11.5 Å². The molecule has 0 atom stereocenters. The number of benzene rings is 2. The Labute approximate surface area is 127 Å². The molecule has 0 unspecified atom stereocenters. The summed E-state index contributed by atoms with van der Waals surface area (Å²) in [7, 11) is 1.66. The van der Waals surface area contributed by atoms with Crippen LogP contribution in [0, 0.1) is 6.92 Å². The van der Waals surface area contributed by atoms with E-state index in [9.17, 15) is 0 Å². The number of nitrogens with zero attached hydrogens (tertiary/aromatic N) is 2. The van der Waals surface area contributed by atoms with Gasteiger partial charge >= 0.3 is 0 Å². The Kier molecular flexibility index (Phi) is 3.62. The van der Waals surface area contributed by atoms with Gasteiger partial charge in [-0.15, -0.1) is 10.2 Å². The Morgan fingerprint density at radius 1 is 1.05 bits per heavy atom. The van der Waals surface area contributed by atoms with Crippen LogP contribution < -0.4 is 10.1 Å². The quantitative estimate of drug-likeness (QED) is 0.781. The maximum atomic E-state index is 6.08. The van der Waals surface area contributed by atoms with E-state index in [0.717, 1.165) is 27.8 Å². The van der Waals surface area contributed by atoms with Gasteiger partial charge in [0.2, 0.25) is 0 Å². The van der Waals surface area contributed by atoms with Crippen LogP contribution in [0.1, 0.15) is 5.56 Å². The Morgan fingerprint density at radius 3 is 2.52 bits per heavy atom. The Bertz CT molecular complexity index is 805. The molecule has 0 fully saturated rings. The van der Waals surface area contributed by atoms with Gasteiger partial charge in [-0.25, -0.2) is 0 Å². The van der Waals surface area contributed by atoms with Crippen LogP contribution in [0.25, 0.3) is 10.8 Å². The zero-order valence-corrected chi connectivity index (χ0v) is 12.5. The Hall–Kier alpha value is -2.33. The molecule has 0 radical (unpaired) electrons. The van der Waals surface area contributed by atoms with E-state index >= 15 is 0 Å². The molecule has 0 aliphatic rings. The van der Waals surface area contributed by atoms with E-state index in [-0.39, 0.29) is 0 Å². The number of fused-ring (bicyclic) bond motifs is 1. The molecule has 0 aliphatic heterocycles. The largest absolute Gasteiger partial charge is 0.496 e. The van der Waals surface area contributed by atoms with Gasteiger partial charge in [0.15, 0.2) is 11.0 Å². The third-order valence-electron chi connectivity index (χ3n) is 3.30. The topological polar surface area (TPSA) is 47.0 Å². The van der Waals surface area contributed by atoms with Gasteiger partial charge in [0.05, 0.1) is 7.11 Å². The summed E-state index contributed by atoms with van der Waals surface area (Å²) in [6.45, 7) is 2.00. The molecule has 3 aromatic rings. The highest BCUT2D eigenvalue weighted by molar-refractivity contribution is 6.34. The smallest absolute Gasteiger partial charge is 0.161 e. The first-order valence-electron chi connectivity index (χ1n) is 6.51. The second kappa shape index (κ2) is 5.58. The second-order valence-electron chi connectivity index (χ2n) is 4.69. The predicted molar refractivity (Wildman–Crippen MR) is 85.6 cm³/mol. The number of methoxy groups -OCH3 is 1. The number of halogens is 1. The van der Waals surface area contributed by atoms with Gasteiger partial charge in [-0.1, -0.05) is 35.9 Å². The molecule has 0 bridgehead atoms. The first-order chi connectivity index (χ1) is 10.2. The highest BCUT2D eigenvalue weighted by Gasteiger charge is 2.08. The van der Waals surface area contributed by atoms with Gasteiger partial charge < -0.3 is 10.1 Å². The van der Waals surface area contributed by atoms with E-state index in [0.29, 0.717) is 11.0 Å². The molecule has 1 N–H and O–H groups in total. The summed E-state index contributed by atoms with van der Waals surface area (Å²) in [6.07, 6.45) is 0. The molecule has 0 aliphatic carbocycles. The molecule has 21 heavy (non-hydrogen) atoms. The fourth-order valence-electron chi connectivity index (χ4n) is 2.26. The van der Waals surface area contributed by atoms with Gasteiger partial charge in [0, 0.05) is 16.5 Å². The monoisotopic (exact) mass is 299 g/mol. The van der Waals surface area contributed by atoms with Gasteiger partial charge in [0.1, 0.15) is 5.75 Å². The lowest BCUT2D eigenvalue weighted by Gasteiger charge is -2.11. The van der Waals surface area contributed by atoms with Crippen molar-refractivity contribution in [2.24, 2.45) is 0 Å². The average Bonchev–Trinajstić information content (AvgIpc) is 2.51. The van der Waals surface area contributed by atoms with E-state index < -0.39 is 0 Å². The summed E-state index contributed by atoms with van der Waals surface area (Å²) in [4.78, 5) is 0. The summed E-state index contributed by atoms with van der Waals surface area (Å²) < 4.78 is 5.26. The van der Waals surface area contributed by atoms with Crippen LogP contribution in [0.15, 0.2) is 42.5 Å². The Morgan fingerprint density at radius 2 is 1.81 bits per heavy atom. The zero-order valence-electron chi connectivity index (χ0n) is 11.7. The standard InChI is InChI=1S/C16H14ClN3O/c1-10-9-11(7-8-14(10)21-2)18-16-13-6-4-3-5-12(13)15(17)19-20-16/h3-9H,1-2H3,(H,18,20).